The van der Waals surface area contributed by atoms with E-state index >= 15 is 0 Å². The highest BCUT2D eigenvalue weighted by Crippen LogP contribution is 2.15. The van der Waals surface area contributed by atoms with Crippen LogP contribution in [0.1, 0.15) is 17.3 Å². The third-order valence-corrected chi connectivity index (χ3v) is 3.11. The summed E-state index contributed by atoms with van der Waals surface area (Å²) in [6, 6.07) is 13.1. The average molecular weight is 342 g/mol. The second-order valence-electron chi connectivity index (χ2n) is 5.12. The molecule has 0 heterocycles. The molecule has 0 aliphatic heterocycles. The third-order valence-electron chi connectivity index (χ3n) is 3.11. The van der Waals surface area contributed by atoms with E-state index in [4.69, 9.17) is 9.47 Å². The number of nitrogens with one attached hydrogen (secondary N) is 2. The van der Waals surface area contributed by atoms with E-state index in [9.17, 15) is 14.4 Å². The molecule has 0 aromatic heterocycles. The fourth-order valence-electron chi connectivity index (χ4n) is 2.04. The van der Waals surface area contributed by atoms with E-state index in [-0.39, 0.29) is 5.91 Å². The molecule has 2 rings (SSSR count). The zero-order valence-corrected chi connectivity index (χ0v) is 13.9. The summed E-state index contributed by atoms with van der Waals surface area (Å²) in [5, 5.41) is 5.21. The van der Waals surface area contributed by atoms with Crippen molar-refractivity contribution in [2.45, 2.75) is 6.92 Å². The van der Waals surface area contributed by atoms with E-state index in [0.717, 1.165) is 0 Å². The summed E-state index contributed by atoms with van der Waals surface area (Å²) < 4.78 is 10.0. The Kier molecular flexibility index (Phi) is 6.11. The number of anilines is 2. The first kappa shape index (κ1) is 18.0. The van der Waals surface area contributed by atoms with Crippen molar-refractivity contribution in [1.29, 1.82) is 0 Å². The Hall–Kier alpha value is -3.35. The van der Waals surface area contributed by atoms with Crippen molar-refractivity contribution in [3.05, 3.63) is 54.1 Å². The standard InChI is InChI=1S/C18H18N2O5/c1-12(21)19-14-6-4-7-15(10-14)20-17(22)11-25-18(23)13-5-3-8-16(9-13)24-2/h3-10H,11H2,1-2H3,(H,19,21)(H,20,22). The Morgan fingerprint density at radius 2 is 1.64 bits per heavy atom. The second-order valence-corrected chi connectivity index (χ2v) is 5.12. The van der Waals surface area contributed by atoms with E-state index in [1.165, 1.54) is 20.1 Å². The molecule has 2 N–H and O–H groups in total. The summed E-state index contributed by atoms with van der Waals surface area (Å²) >= 11 is 0. The predicted octanol–water partition coefficient (Wildman–Crippen LogP) is 2.45. The van der Waals surface area contributed by atoms with Crippen molar-refractivity contribution in [3.63, 3.8) is 0 Å². The van der Waals surface area contributed by atoms with E-state index in [1.807, 2.05) is 0 Å². The highest BCUT2D eigenvalue weighted by atomic mass is 16.5. The van der Waals surface area contributed by atoms with Crippen LogP contribution in [0.2, 0.25) is 0 Å². The molecule has 0 aliphatic carbocycles. The Balaban J connectivity index is 1.90. The zero-order valence-electron chi connectivity index (χ0n) is 13.9. The Labute approximate surface area is 144 Å². The van der Waals surface area contributed by atoms with Gasteiger partial charge in [0.25, 0.3) is 5.91 Å². The van der Waals surface area contributed by atoms with E-state index in [2.05, 4.69) is 10.6 Å². The van der Waals surface area contributed by atoms with Gasteiger partial charge >= 0.3 is 5.97 Å². The van der Waals surface area contributed by atoms with Crippen LogP contribution in [0, 0.1) is 0 Å². The normalized spacial score (nSPS) is 9.84. The molecule has 130 valence electrons. The van der Waals surface area contributed by atoms with Crippen LogP contribution in [0.5, 0.6) is 5.75 Å². The van der Waals surface area contributed by atoms with Crippen LogP contribution in [0.4, 0.5) is 11.4 Å². The van der Waals surface area contributed by atoms with Gasteiger partial charge in [-0.05, 0) is 36.4 Å². The quantitative estimate of drug-likeness (QED) is 0.787. The van der Waals surface area contributed by atoms with Gasteiger partial charge in [-0.1, -0.05) is 12.1 Å². The van der Waals surface area contributed by atoms with Crippen LogP contribution in [-0.4, -0.2) is 31.5 Å². The van der Waals surface area contributed by atoms with Gasteiger partial charge in [0.05, 0.1) is 12.7 Å². The molecule has 25 heavy (non-hydrogen) atoms. The number of carbonyl (C=O) groups is 3. The number of amides is 2. The molecule has 0 spiro atoms. The molecule has 0 bridgehead atoms. The van der Waals surface area contributed by atoms with E-state index in [0.29, 0.717) is 22.7 Å². The van der Waals surface area contributed by atoms with Crippen molar-refractivity contribution in [2.24, 2.45) is 0 Å². The smallest absolute Gasteiger partial charge is 0.338 e. The summed E-state index contributed by atoms with van der Waals surface area (Å²) in [7, 11) is 1.49. The minimum absolute atomic E-state index is 0.212. The number of hydrogen-bond donors (Lipinski definition) is 2. The molecule has 2 amide bonds. The molecule has 2 aromatic rings. The van der Waals surface area contributed by atoms with Crippen LogP contribution in [-0.2, 0) is 14.3 Å². The average Bonchev–Trinajstić information content (AvgIpc) is 2.59. The highest BCUT2D eigenvalue weighted by molar-refractivity contribution is 5.96. The number of benzene rings is 2. The third kappa shape index (κ3) is 5.65. The van der Waals surface area contributed by atoms with Crippen molar-refractivity contribution in [3.8, 4) is 5.75 Å². The summed E-state index contributed by atoms with van der Waals surface area (Å²) in [5.74, 6) is -0.804. The van der Waals surface area contributed by atoms with Crippen LogP contribution in [0.25, 0.3) is 0 Å². The fourth-order valence-corrected chi connectivity index (χ4v) is 2.04. The van der Waals surface area contributed by atoms with Crippen molar-refractivity contribution in [1.82, 2.24) is 0 Å². The molecule has 0 saturated heterocycles. The number of ether oxygens (including phenoxy) is 2. The highest BCUT2D eigenvalue weighted by Gasteiger charge is 2.11. The molecule has 2 aromatic carbocycles. The van der Waals surface area contributed by atoms with Gasteiger partial charge in [-0.3, -0.25) is 9.59 Å². The first-order chi connectivity index (χ1) is 12.0. The van der Waals surface area contributed by atoms with E-state index < -0.39 is 18.5 Å². The van der Waals surface area contributed by atoms with Crippen molar-refractivity contribution in [2.75, 3.05) is 24.4 Å². The molecule has 0 aliphatic rings. The largest absolute Gasteiger partial charge is 0.497 e. The van der Waals surface area contributed by atoms with Crippen LogP contribution in [0.15, 0.2) is 48.5 Å². The van der Waals surface area contributed by atoms with Gasteiger partial charge in [0.1, 0.15) is 5.75 Å². The molecule has 0 fully saturated rings. The zero-order chi connectivity index (χ0) is 18.2. The monoisotopic (exact) mass is 342 g/mol. The van der Waals surface area contributed by atoms with Crippen LogP contribution >= 0.6 is 0 Å². The molecule has 0 saturated carbocycles. The van der Waals surface area contributed by atoms with Gasteiger partial charge in [0.15, 0.2) is 6.61 Å². The van der Waals surface area contributed by atoms with Gasteiger partial charge in [-0.2, -0.15) is 0 Å². The van der Waals surface area contributed by atoms with Crippen molar-refractivity contribution >= 4 is 29.2 Å². The summed E-state index contributed by atoms with van der Waals surface area (Å²) in [4.78, 5) is 34.9. The Morgan fingerprint density at radius 1 is 0.960 bits per heavy atom. The fraction of sp³-hybridized carbons (Fsp3) is 0.167. The molecule has 0 unspecified atom stereocenters. The van der Waals surface area contributed by atoms with E-state index in [1.54, 1.807) is 42.5 Å². The van der Waals surface area contributed by atoms with Gasteiger partial charge in [0, 0.05) is 18.3 Å². The second kappa shape index (κ2) is 8.49. The molecule has 0 radical (unpaired) electrons. The first-order valence-corrected chi connectivity index (χ1v) is 7.46. The lowest BCUT2D eigenvalue weighted by atomic mass is 10.2. The molecular weight excluding hydrogens is 324 g/mol. The van der Waals surface area contributed by atoms with Crippen LogP contribution < -0.4 is 15.4 Å². The van der Waals surface area contributed by atoms with Gasteiger partial charge in [-0.25, -0.2) is 4.79 Å². The van der Waals surface area contributed by atoms with Gasteiger partial charge in [-0.15, -0.1) is 0 Å². The predicted molar refractivity (Wildman–Crippen MR) is 92.7 cm³/mol. The molecule has 7 nitrogen and oxygen atoms in total. The lowest BCUT2D eigenvalue weighted by molar-refractivity contribution is -0.119. The SMILES string of the molecule is COc1cccc(C(=O)OCC(=O)Nc2cccc(NC(C)=O)c2)c1. The summed E-state index contributed by atoms with van der Waals surface area (Å²) in [6.45, 7) is 0.962. The number of carbonyl (C=O) groups excluding carboxylic acids is 3. The van der Waals surface area contributed by atoms with Gasteiger partial charge < -0.3 is 20.1 Å². The molecule has 0 atom stereocenters. The lowest BCUT2D eigenvalue weighted by Gasteiger charge is -2.09. The van der Waals surface area contributed by atoms with Gasteiger partial charge in [0.2, 0.25) is 5.91 Å². The maximum atomic E-state index is 11.9. The number of rotatable bonds is 6. The molecule has 7 heteroatoms. The number of hydrogen-bond acceptors (Lipinski definition) is 5. The summed E-state index contributed by atoms with van der Waals surface area (Å²) in [6.07, 6.45) is 0. The lowest BCUT2D eigenvalue weighted by Crippen LogP contribution is -2.21. The first-order valence-electron chi connectivity index (χ1n) is 7.46. The number of esters is 1. The minimum atomic E-state index is -0.624. The minimum Gasteiger partial charge on any atom is -0.497 e. The Morgan fingerprint density at radius 3 is 2.32 bits per heavy atom. The maximum Gasteiger partial charge on any atom is 0.338 e. The summed E-state index contributed by atoms with van der Waals surface area (Å²) in [5.41, 5.74) is 1.33. The van der Waals surface area contributed by atoms with Crippen LogP contribution in [0.3, 0.4) is 0 Å². The Bertz CT molecular complexity index is 789. The topological polar surface area (TPSA) is 93.7 Å². The maximum absolute atomic E-state index is 11.9. The number of methoxy groups -OCH3 is 1. The molecular formula is C18H18N2O5. The van der Waals surface area contributed by atoms with Crippen molar-refractivity contribution < 1.29 is 23.9 Å².